The van der Waals surface area contributed by atoms with Crippen LogP contribution in [0.1, 0.15) is 59.3 Å². The molecular weight excluding hydrogens is 344 g/mol. The molecular formula is C22H32O5. The van der Waals surface area contributed by atoms with Gasteiger partial charge in [-0.1, -0.05) is 32.4 Å². The van der Waals surface area contributed by atoms with E-state index in [4.69, 9.17) is 9.47 Å². The van der Waals surface area contributed by atoms with Crippen LogP contribution >= 0.6 is 0 Å². The van der Waals surface area contributed by atoms with Crippen LogP contribution < -0.4 is 0 Å². The molecule has 0 aromatic rings. The van der Waals surface area contributed by atoms with Crippen LogP contribution in [0.25, 0.3) is 0 Å². The van der Waals surface area contributed by atoms with Crippen molar-refractivity contribution < 1.29 is 24.5 Å². The predicted molar refractivity (Wildman–Crippen MR) is 98.4 cm³/mol. The van der Waals surface area contributed by atoms with Crippen molar-refractivity contribution in [2.24, 2.45) is 34.0 Å². The lowest BCUT2D eigenvalue weighted by molar-refractivity contribution is -0.447. The van der Waals surface area contributed by atoms with Gasteiger partial charge in [-0.15, -0.1) is 0 Å². The zero-order valence-corrected chi connectivity index (χ0v) is 16.7. The SMILES string of the molecule is C=C1C[C@H]2CC(OC(C)=O)C3C45CCCC(C)(C)C4C(O)C(O)(OC5)[C@@]13C2. The van der Waals surface area contributed by atoms with E-state index in [1.54, 1.807) is 0 Å². The maximum Gasteiger partial charge on any atom is 0.302 e. The molecule has 5 nitrogen and oxygen atoms in total. The van der Waals surface area contributed by atoms with Gasteiger partial charge in [-0.2, -0.15) is 0 Å². The standard InChI is InChI=1S/C22H32O5/c1-12-8-14-9-15(27-13(2)23)16-20-7-5-6-19(3,4)17(20)18(24)22(25,26-11-20)21(12,16)10-14/h14-18,24-25H,1,5-11H2,2-4H3/t14-,15?,16?,17?,18?,20?,21-,22?/m0/s1. The van der Waals surface area contributed by atoms with Gasteiger partial charge in [0.1, 0.15) is 12.2 Å². The maximum absolute atomic E-state index is 11.9. The molecule has 150 valence electrons. The van der Waals surface area contributed by atoms with Gasteiger partial charge >= 0.3 is 5.97 Å². The van der Waals surface area contributed by atoms with Gasteiger partial charge in [0, 0.05) is 24.2 Å². The van der Waals surface area contributed by atoms with Crippen molar-refractivity contribution in [3.8, 4) is 0 Å². The summed E-state index contributed by atoms with van der Waals surface area (Å²) < 4.78 is 12.0. The zero-order chi connectivity index (χ0) is 19.4. The number of carbonyl (C=O) groups excluding carboxylic acids is 1. The number of rotatable bonds is 1. The fourth-order valence-corrected chi connectivity index (χ4v) is 8.56. The van der Waals surface area contributed by atoms with E-state index >= 15 is 0 Å². The molecule has 27 heavy (non-hydrogen) atoms. The molecule has 8 atom stereocenters. The summed E-state index contributed by atoms with van der Waals surface area (Å²) in [4.78, 5) is 11.9. The van der Waals surface area contributed by atoms with Crippen molar-refractivity contribution >= 4 is 5.97 Å². The monoisotopic (exact) mass is 376 g/mol. The first-order valence-electron chi connectivity index (χ1n) is 10.5. The average Bonchev–Trinajstić information content (AvgIpc) is 2.80. The summed E-state index contributed by atoms with van der Waals surface area (Å²) in [6.45, 7) is 10.7. The largest absolute Gasteiger partial charge is 0.462 e. The van der Waals surface area contributed by atoms with Gasteiger partial charge in [-0.3, -0.25) is 4.79 Å². The molecule has 2 aliphatic heterocycles. The van der Waals surface area contributed by atoms with E-state index in [9.17, 15) is 15.0 Å². The summed E-state index contributed by atoms with van der Waals surface area (Å²) in [6.07, 6.45) is 4.27. The second-order valence-corrected chi connectivity index (χ2v) is 10.7. The van der Waals surface area contributed by atoms with Gasteiger partial charge < -0.3 is 19.7 Å². The fourth-order valence-electron chi connectivity index (χ4n) is 8.56. The molecule has 4 bridgehead atoms. The molecule has 5 heteroatoms. The highest BCUT2D eigenvalue weighted by Crippen LogP contribution is 2.78. The molecule has 6 unspecified atom stereocenters. The summed E-state index contributed by atoms with van der Waals surface area (Å²) in [5.74, 6) is -1.68. The quantitative estimate of drug-likeness (QED) is 0.544. The molecule has 0 amide bonds. The molecule has 2 heterocycles. The van der Waals surface area contributed by atoms with Crippen LogP contribution in [0.15, 0.2) is 12.2 Å². The van der Waals surface area contributed by atoms with E-state index in [1.165, 1.54) is 6.92 Å². The average molecular weight is 376 g/mol. The fraction of sp³-hybridized carbons (Fsp3) is 0.864. The predicted octanol–water partition coefficient (Wildman–Crippen LogP) is 2.80. The highest BCUT2D eigenvalue weighted by Gasteiger charge is 2.82. The molecule has 6 rings (SSSR count). The lowest BCUT2D eigenvalue weighted by atomic mass is 9.36. The number of fused-ring (bicyclic) bond motifs is 2. The molecule has 2 N–H and O–H groups in total. The number of carbonyl (C=O) groups is 1. The van der Waals surface area contributed by atoms with Crippen LogP contribution in [0.4, 0.5) is 0 Å². The normalized spacial score (nSPS) is 55.0. The van der Waals surface area contributed by atoms with Crippen molar-refractivity contribution in [2.75, 3.05) is 6.61 Å². The zero-order valence-electron chi connectivity index (χ0n) is 16.7. The summed E-state index contributed by atoms with van der Waals surface area (Å²) in [6, 6.07) is 0. The molecule has 2 saturated heterocycles. The van der Waals surface area contributed by atoms with Crippen molar-refractivity contribution in [3.63, 3.8) is 0 Å². The van der Waals surface area contributed by atoms with Crippen LogP contribution in [0.2, 0.25) is 0 Å². The topological polar surface area (TPSA) is 76.0 Å². The van der Waals surface area contributed by atoms with Gasteiger partial charge in [-0.05, 0) is 43.4 Å². The lowest BCUT2D eigenvalue weighted by Crippen LogP contribution is -2.82. The number of esters is 1. The van der Waals surface area contributed by atoms with Crippen molar-refractivity contribution in [3.05, 3.63) is 12.2 Å². The van der Waals surface area contributed by atoms with Gasteiger partial charge in [0.15, 0.2) is 0 Å². The molecule has 0 aromatic heterocycles. The highest BCUT2D eigenvalue weighted by atomic mass is 16.6. The number of aliphatic hydroxyl groups is 2. The van der Waals surface area contributed by atoms with E-state index in [1.807, 2.05) is 0 Å². The Labute approximate surface area is 161 Å². The third kappa shape index (κ3) is 1.89. The first-order chi connectivity index (χ1) is 12.6. The van der Waals surface area contributed by atoms with E-state index in [-0.39, 0.29) is 34.7 Å². The van der Waals surface area contributed by atoms with Gasteiger partial charge in [0.25, 0.3) is 0 Å². The molecule has 6 fully saturated rings. The van der Waals surface area contributed by atoms with E-state index < -0.39 is 17.3 Å². The highest BCUT2D eigenvalue weighted by molar-refractivity contribution is 5.66. The van der Waals surface area contributed by atoms with Crippen LogP contribution in [-0.4, -0.2) is 40.8 Å². The minimum absolute atomic E-state index is 0.0353. The van der Waals surface area contributed by atoms with E-state index in [0.717, 1.165) is 44.1 Å². The summed E-state index contributed by atoms with van der Waals surface area (Å²) >= 11 is 0. The third-order valence-corrected chi connectivity index (χ3v) is 9.02. The molecule has 2 spiro atoms. The van der Waals surface area contributed by atoms with Crippen LogP contribution in [-0.2, 0) is 14.3 Å². The van der Waals surface area contributed by atoms with E-state index in [0.29, 0.717) is 12.5 Å². The Balaban J connectivity index is 1.74. The molecule has 0 aromatic carbocycles. The summed E-state index contributed by atoms with van der Waals surface area (Å²) in [5, 5.41) is 23.4. The molecule has 4 saturated carbocycles. The Kier molecular flexibility index (Phi) is 3.47. The molecule has 6 aliphatic rings. The Morgan fingerprint density at radius 3 is 2.74 bits per heavy atom. The van der Waals surface area contributed by atoms with Gasteiger partial charge in [-0.25, -0.2) is 0 Å². The smallest absolute Gasteiger partial charge is 0.302 e. The number of hydrogen-bond acceptors (Lipinski definition) is 5. The molecule has 0 radical (unpaired) electrons. The summed E-state index contributed by atoms with van der Waals surface area (Å²) in [7, 11) is 0. The van der Waals surface area contributed by atoms with Crippen LogP contribution in [0.5, 0.6) is 0 Å². The first kappa shape index (κ1) is 18.1. The maximum atomic E-state index is 11.9. The second kappa shape index (κ2) is 5.17. The Bertz CT molecular complexity index is 715. The van der Waals surface area contributed by atoms with Gasteiger partial charge in [0.2, 0.25) is 5.79 Å². The van der Waals surface area contributed by atoms with Gasteiger partial charge in [0.05, 0.1) is 12.0 Å². The van der Waals surface area contributed by atoms with Crippen molar-refractivity contribution in [1.82, 2.24) is 0 Å². The lowest BCUT2D eigenvalue weighted by Gasteiger charge is -2.74. The van der Waals surface area contributed by atoms with E-state index in [2.05, 4.69) is 20.4 Å². The number of ether oxygens (including phenoxy) is 2. The third-order valence-electron chi connectivity index (χ3n) is 9.02. The van der Waals surface area contributed by atoms with Crippen LogP contribution in [0.3, 0.4) is 0 Å². The second-order valence-electron chi connectivity index (χ2n) is 10.7. The Morgan fingerprint density at radius 1 is 1.30 bits per heavy atom. The number of aliphatic hydroxyl groups excluding tert-OH is 1. The van der Waals surface area contributed by atoms with Crippen molar-refractivity contribution in [2.45, 2.75) is 77.3 Å². The Hall–Kier alpha value is -0.910. The van der Waals surface area contributed by atoms with Crippen LogP contribution in [0, 0.1) is 34.0 Å². The molecule has 4 aliphatic carbocycles. The minimum atomic E-state index is -1.64. The number of hydrogen-bond donors (Lipinski definition) is 2. The minimum Gasteiger partial charge on any atom is -0.462 e. The first-order valence-corrected chi connectivity index (χ1v) is 10.5. The summed E-state index contributed by atoms with van der Waals surface area (Å²) in [5.41, 5.74) is -0.120. The Morgan fingerprint density at radius 2 is 2.04 bits per heavy atom. The van der Waals surface area contributed by atoms with Crippen molar-refractivity contribution in [1.29, 1.82) is 0 Å².